The third kappa shape index (κ3) is 3.98. The zero-order chi connectivity index (χ0) is 20.4. The Morgan fingerprint density at radius 2 is 1.93 bits per heavy atom. The topological polar surface area (TPSA) is 94.3 Å². The largest absolute Gasteiger partial charge is 0.573 e. The smallest absolute Gasteiger partial charge is 0.405 e. The van der Waals surface area contributed by atoms with Gasteiger partial charge in [-0.2, -0.15) is 0 Å². The molecule has 0 saturated carbocycles. The summed E-state index contributed by atoms with van der Waals surface area (Å²) in [6.07, 6.45) is 3.76. The van der Waals surface area contributed by atoms with E-state index >= 15 is 0 Å². The van der Waals surface area contributed by atoms with Crippen molar-refractivity contribution < 1.29 is 22.7 Å². The van der Waals surface area contributed by atoms with Gasteiger partial charge in [0.15, 0.2) is 17.2 Å². The molecule has 0 saturated heterocycles. The van der Waals surface area contributed by atoms with E-state index in [9.17, 15) is 18.0 Å². The number of hydrogen-bond acceptors (Lipinski definition) is 6. The van der Waals surface area contributed by atoms with E-state index in [-0.39, 0.29) is 28.4 Å². The molecular weight excluding hydrogens is 389 g/mol. The number of hydrogen-bond donors (Lipinski definition) is 1. The summed E-state index contributed by atoms with van der Waals surface area (Å²) in [5.41, 5.74) is 0.435. The van der Waals surface area contributed by atoms with Crippen LogP contribution >= 0.6 is 0 Å². The Hall–Kier alpha value is -4.02. The van der Waals surface area contributed by atoms with E-state index < -0.39 is 18.0 Å². The van der Waals surface area contributed by atoms with Gasteiger partial charge >= 0.3 is 6.36 Å². The maximum Gasteiger partial charge on any atom is 0.573 e. The van der Waals surface area contributed by atoms with Crippen molar-refractivity contribution in [3.63, 3.8) is 0 Å². The number of para-hydroxylation sites is 1. The van der Waals surface area contributed by atoms with Gasteiger partial charge in [0.05, 0.1) is 11.9 Å². The highest BCUT2D eigenvalue weighted by Gasteiger charge is 2.32. The van der Waals surface area contributed by atoms with Gasteiger partial charge in [-0.15, -0.1) is 13.2 Å². The Bertz CT molecular complexity index is 1180. The molecule has 1 N–H and O–H groups in total. The van der Waals surface area contributed by atoms with Crippen molar-refractivity contribution in [2.75, 3.05) is 5.32 Å². The maximum absolute atomic E-state index is 12.7. The third-order valence-corrected chi connectivity index (χ3v) is 3.78. The molecule has 11 heteroatoms. The number of rotatable bonds is 4. The zero-order valence-electron chi connectivity index (χ0n) is 14.5. The molecule has 3 heterocycles. The summed E-state index contributed by atoms with van der Waals surface area (Å²) in [5, 5.41) is 2.54. The highest BCUT2D eigenvalue weighted by atomic mass is 19.4. The van der Waals surface area contributed by atoms with E-state index in [4.69, 9.17) is 0 Å². The average molecular weight is 400 g/mol. The van der Waals surface area contributed by atoms with Gasteiger partial charge in [-0.3, -0.25) is 9.78 Å². The number of aromatic nitrogens is 5. The average Bonchev–Trinajstić information content (AvgIpc) is 3.12. The van der Waals surface area contributed by atoms with Crippen molar-refractivity contribution in [2.24, 2.45) is 0 Å². The highest BCUT2D eigenvalue weighted by Crippen LogP contribution is 2.33. The van der Waals surface area contributed by atoms with Crippen LogP contribution in [-0.2, 0) is 0 Å². The maximum atomic E-state index is 12.7. The lowest BCUT2D eigenvalue weighted by Crippen LogP contribution is -2.17. The Kier molecular flexibility index (Phi) is 4.55. The first-order valence-electron chi connectivity index (χ1n) is 8.17. The monoisotopic (exact) mass is 400 g/mol. The van der Waals surface area contributed by atoms with E-state index in [1.807, 2.05) is 0 Å². The molecule has 0 spiro atoms. The van der Waals surface area contributed by atoms with Gasteiger partial charge in [0.1, 0.15) is 5.75 Å². The van der Waals surface area contributed by atoms with Crippen molar-refractivity contribution >= 4 is 17.4 Å². The van der Waals surface area contributed by atoms with Gasteiger partial charge < -0.3 is 14.5 Å². The van der Waals surface area contributed by atoms with Crippen LogP contribution in [0.4, 0.5) is 19.0 Å². The van der Waals surface area contributed by atoms with Crippen LogP contribution in [0, 0.1) is 0 Å². The van der Waals surface area contributed by atoms with Crippen LogP contribution in [0.1, 0.15) is 10.5 Å². The van der Waals surface area contributed by atoms with E-state index in [1.54, 1.807) is 6.07 Å². The minimum absolute atomic E-state index is 0.0291. The van der Waals surface area contributed by atoms with E-state index in [2.05, 4.69) is 30.0 Å². The summed E-state index contributed by atoms with van der Waals surface area (Å²) in [6, 6.07) is 5.60. The minimum atomic E-state index is -4.85. The van der Waals surface area contributed by atoms with Crippen LogP contribution in [0.15, 0.2) is 61.4 Å². The molecule has 146 valence electrons. The molecule has 0 bridgehead atoms. The van der Waals surface area contributed by atoms with Gasteiger partial charge in [0.2, 0.25) is 0 Å². The van der Waals surface area contributed by atoms with Gasteiger partial charge in [0, 0.05) is 36.5 Å². The fourth-order valence-corrected chi connectivity index (χ4v) is 2.64. The van der Waals surface area contributed by atoms with Crippen molar-refractivity contribution in [1.82, 2.24) is 24.3 Å². The van der Waals surface area contributed by atoms with Crippen molar-refractivity contribution in [1.29, 1.82) is 0 Å². The van der Waals surface area contributed by atoms with Gasteiger partial charge in [-0.25, -0.2) is 15.0 Å². The van der Waals surface area contributed by atoms with Crippen LogP contribution in [0.2, 0.25) is 0 Å². The molecule has 1 aromatic carbocycles. The second-order valence-corrected chi connectivity index (χ2v) is 5.72. The molecule has 0 aliphatic rings. The predicted molar refractivity (Wildman–Crippen MR) is 95.1 cm³/mol. The predicted octanol–water partition coefficient (Wildman–Crippen LogP) is 3.34. The Balaban J connectivity index is 1.73. The summed E-state index contributed by atoms with van der Waals surface area (Å²) in [6.45, 7) is 0. The van der Waals surface area contributed by atoms with Gasteiger partial charge in [-0.1, -0.05) is 12.1 Å². The second kappa shape index (κ2) is 7.19. The number of alkyl halides is 3. The Morgan fingerprint density at radius 3 is 2.69 bits per heavy atom. The summed E-state index contributed by atoms with van der Waals surface area (Å²) < 4.78 is 43.7. The van der Waals surface area contributed by atoms with Crippen molar-refractivity contribution in [3.8, 4) is 17.0 Å². The molecule has 3 aromatic heterocycles. The first-order chi connectivity index (χ1) is 13.9. The molecule has 0 atom stereocenters. The molecule has 29 heavy (non-hydrogen) atoms. The zero-order valence-corrected chi connectivity index (χ0v) is 14.5. The quantitative estimate of drug-likeness (QED) is 0.565. The fraction of sp³-hybridized carbons (Fsp3) is 0.0556. The molecule has 0 aliphatic heterocycles. The van der Waals surface area contributed by atoms with Crippen LogP contribution in [0.5, 0.6) is 5.75 Å². The number of imidazole rings is 1. The summed E-state index contributed by atoms with van der Waals surface area (Å²) in [5.74, 6) is -0.771. The Morgan fingerprint density at radius 1 is 1.10 bits per heavy atom. The number of carbonyl (C=O) groups is 1. The summed E-state index contributed by atoms with van der Waals surface area (Å²) in [4.78, 5) is 28.7. The number of anilines is 1. The number of nitrogens with zero attached hydrogens (tertiary/aromatic N) is 5. The molecule has 0 aliphatic carbocycles. The van der Waals surface area contributed by atoms with Crippen LogP contribution in [0.25, 0.3) is 16.9 Å². The fourth-order valence-electron chi connectivity index (χ4n) is 2.64. The lowest BCUT2D eigenvalue weighted by molar-refractivity contribution is -0.274. The summed E-state index contributed by atoms with van der Waals surface area (Å²) >= 11 is 0. The molecule has 4 aromatic rings. The SMILES string of the molecule is O=C(Nc1cnccn1)c1nccn2cc(-c3ccccc3OC(F)(F)F)nc12. The molecule has 0 fully saturated rings. The molecule has 4 rings (SSSR count). The number of amides is 1. The molecule has 8 nitrogen and oxygen atoms in total. The number of fused-ring (bicyclic) bond motifs is 1. The number of benzene rings is 1. The van der Waals surface area contributed by atoms with E-state index in [0.717, 1.165) is 0 Å². The number of halogens is 3. The Labute approximate surface area is 161 Å². The van der Waals surface area contributed by atoms with Crippen LogP contribution < -0.4 is 10.1 Å². The number of ether oxygens (including phenoxy) is 1. The van der Waals surface area contributed by atoms with Crippen LogP contribution in [-0.4, -0.2) is 36.6 Å². The van der Waals surface area contributed by atoms with Crippen molar-refractivity contribution in [3.05, 3.63) is 67.1 Å². The van der Waals surface area contributed by atoms with Gasteiger partial charge in [0.25, 0.3) is 5.91 Å². The van der Waals surface area contributed by atoms with Crippen molar-refractivity contribution in [2.45, 2.75) is 6.36 Å². The minimum Gasteiger partial charge on any atom is -0.405 e. The number of carbonyl (C=O) groups excluding carboxylic acids is 1. The van der Waals surface area contributed by atoms with E-state index in [1.165, 1.54) is 59.8 Å². The second-order valence-electron chi connectivity index (χ2n) is 5.72. The number of nitrogens with one attached hydrogen (secondary N) is 1. The summed E-state index contributed by atoms with van der Waals surface area (Å²) in [7, 11) is 0. The van der Waals surface area contributed by atoms with E-state index in [0.29, 0.717) is 0 Å². The molecule has 0 unspecified atom stereocenters. The molecule has 0 radical (unpaired) electrons. The third-order valence-electron chi connectivity index (χ3n) is 3.78. The highest BCUT2D eigenvalue weighted by molar-refractivity contribution is 6.06. The van der Waals surface area contributed by atoms with Gasteiger partial charge in [-0.05, 0) is 12.1 Å². The standard InChI is InChI=1S/C18H11F3N6O2/c19-18(20,21)29-13-4-2-1-3-11(13)12-10-27-8-7-24-15(16(27)25-12)17(28)26-14-9-22-5-6-23-14/h1-10H,(H,23,26,28). The van der Waals surface area contributed by atoms with Crippen LogP contribution in [0.3, 0.4) is 0 Å². The first-order valence-corrected chi connectivity index (χ1v) is 8.17. The molecular formula is C18H11F3N6O2. The lowest BCUT2D eigenvalue weighted by Gasteiger charge is -2.11. The first kappa shape index (κ1) is 18.3. The normalized spacial score (nSPS) is 11.4. The lowest BCUT2D eigenvalue weighted by atomic mass is 10.1. The molecule has 1 amide bonds.